The van der Waals surface area contributed by atoms with Gasteiger partial charge in [-0.3, -0.25) is 4.79 Å². The number of likely N-dealkylation sites (N-methyl/N-ethyl adjacent to an activating group) is 1. The number of aliphatic hydroxyl groups is 1. The van der Waals surface area contributed by atoms with Gasteiger partial charge in [-0.15, -0.1) is 11.3 Å². The topological polar surface area (TPSA) is 53.4 Å². The summed E-state index contributed by atoms with van der Waals surface area (Å²) in [5.41, 5.74) is 0.792. The Bertz CT molecular complexity index is 664. The standard InChI is InChI=1S/C14H13F3N2O2S/c1-19(8-11(20)14(15,16)17)13(21)7-6-12-18-9-4-2-3-5-10(9)22-12/h2-7,11,20H,8H2,1H3/b7-6+. The summed E-state index contributed by atoms with van der Waals surface area (Å²) in [7, 11) is 1.19. The molecular weight excluding hydrogens is 317 g/mol. The fourth-order valence-electron chi connectivity index (χ4n) is 1.68. The van der Waals surface area contributed by atoms with Gasteiger partial charge in [0.25, 0.3) is 0 Å². The van der Waals surface area contributed by atoms with Gasteiger partial charge in [-0.05, 0) is 18.2 Å². The number of thiazole rings is 1. The Balaban J connectivity index is 2.01. The monoisotopic (exact) mass is 330 g/mol. The van der Waals surface area contributed by atoms with E-state index in [9.17, 15) is 18.0 Å². The van der Waals surface area contributed by atoms with Crippen molar-refractivity contribution in [3.63, 3.8) is 0 Å². The van der Waals surface area contributed by atoms with Gasteiger partial charge in [-0.2, -0.15) is 13.2 Å². The zero-order valence-electron chi connectivity index (χ0n) is 11.5. The first kappa shape index (κ1) is 16.4. The molecule has 0 aliphatic rings. The lowest BCUT2D eigenvalue weighted by Gasteiger charge is -2.21. The molecule has 0 aliphatic carbocycles. The molecule has 0 saturated heterocycles. The summed E-state index contributed by atoms with van der Waals surface area (Å²) in [4.78, 5) is 16.8. The van der Waals surface area contributed by atoms with Gasteiger partial charge in [0.2, 0.25) is 5.91 Å². The first-order chi connectivity index (χ1) is 10.3. The predicted molar refractivity (Wildman–Crippen MR) is 78.4 cm³/mol. The van der Waals surface area contributed by atoms with E-state index in [1.165, 1.54) is 24.5 Å². The summed E-state index contributed by atoms with van der Waals surface area (Å²) < 4.78 is 37.6. The number of amides is 1. The largest absolute Gasteiger partial charge is 0.416 e. The average molecular weight is 330 g/mol. The van der Waals surface area contributed by atoms with E-state index in [0.717, 1.165) is 21.2 Å². The maximum atomic E-state index is 12.2. The number of carbonyl (C=O) groups excluding carboxylic acids is 1. The van der Waals surface area contributed by atoms with Crippen molar-refractivity contribution in [2.45, 2.75) is 12.3 Å². The SMILES string of the molecule is CN(CC(O)C(F)(F)F)C(=O)/C=C/c1nc2ccccc2s1. The van der Waals surface area contributed by atoms with Crippen molar-refractivity contribution in [3.05, 3.63) is 35.3 Å². The third kappa shape index (κ3) is 4.05. The van der Waals surface area contributed by atoms with Crippen molar-refractivity contribution >= 4 is 33.5 Å². The first-order valence-electron chi connectivity index (χ1n) is 6.31. The van der Waals surface area contributed by atoms with Crippen LogP contribution in [0.5, 0.6) is 0 Å². The van der Waals surface area contributed by atoms with Crippen LogP contribution in [0, 0.1) is 0 Å². The molecule has 4 nitrogen and oxygen atoms in total. The van der Waals surface area contributed by atoms with Gasteiger partial charge in [0.1, 0.15) is 5.01 Å². The summed E-state index contributed by atoms with van der Waals surface area (Å²) >= 11 is 1.37. The number of halogens is 3. The second-order valence-corrected chi connectivity index (χ2v) is 5.69. The van der Waals surface area contributed by atoms with Crippen molar-refractivity contribution in [2.75, 3.05) is 13.6 Å². The van der Waals surface area contributed by atoms with Crippen LogP contribution in [0.3, 0.4) is 0 Å². The Labute approximate surface area is 128 Å². The van der Waals surface area contributed by atoms with Crippen LogP contribution in [0.4, 0.5) is 13.2 Å². The molecule has 0 spiro atoms. The Kier molecular flexibility index (Phi) is 4.82. The number of aliphatic hydroxyl groups excluding tert-OH is 1. The molecule has 2 rings (SSSR count). The van der Waals surface area contributed by atoms with E-state index >= 15 is 0 Å². The Hall–Kier alpha value is -1.93. The zero-order chi connectivity index (χ0) is 16.3. The minimum absolute atomic E-state index is 0.583. The van der Waals surface area contributed by atoms with E-state index < -0.39 is 24.7 Å². The third-order valence-corrected chi connectivity index (χ3v) is 3.88. The molecule has 0 fully saturated rings. The lowest BCUT2D eigenvalue weighted by atomic mass is 10.3. The Morgan fingerprint density at radius 1 is 1.45 bits per heavy atom. The number of hydrogen-bond acceptors (Lipinski definition) is 4. The molecule has 1 unspecified atom stereocenters. The molecule has 118 valence electrons. The molecule has 0 bridgehead atoms. The van der Waals surface area contributed by atoms with Crippen LogP contribution < -0.4 is 0 Å². The number of carbonyl (C=O) groups is 1. The molecule has 1 amide bonds. The van der Waals surface area contributed by atoms with Gasteiger partial charge in [0.15, 0.2) is 6.10 Å². The van der Waals surface area contributed by atoms with Crippen LogP contribution in [-0.4, -0.2) is 46.8 Å². The van der Waals surface area contributed by atoms with Crippen molar-refractivity contribution < 1.29 is 23.1 Å². The smallest absolute Gasteiger partial charge is 0.382 e. The molecule has 0 saturated carbocycles. The average Bonchev–Trinajstić information content (AvgIpc) is 2.86. The first-order valence-corrected chi connectivity index (χ1v) is 7.12. The highest BCUT2D eigenvalue weighted by Gasteiger charge is 2.39. The van der Waals surface area contributed by atoms with E-state index in [-0.39, 0.29) is 0 Å². The Morgan fingerprint density at radius 2 is 2.14 bits per heavy atom. The van der Waals surface area contributed by atoms with Crippen molar-refractivity contribution in [2.24, 2.45) is 0 Å². The van der Waals surface area contributed by atoms with Crippen LogP contribution in [0.1, 0.15) is 5.01 Å². The van der Waals surface area contributed by atoms with Crippen LogP contribution >= 0.6 is 11.3 Å². The van der Waals surface area contributed by atoms with Crippen LogP contribution in [-0.2, 0) is 4.79 Å². The molecule has 1 atom stereocenters. The fourth-order valence-corrected chi connectivity index (χ4v) is 2.55. The predicted octanol–water partition coefficient (Wildman–Crippen LogP) is 2.69. The highest BCUT2D eigenvalue weighted by molar-refractivity contribution is 7.19. The molecule has 22 heavy (non-hydrogen) atoms. The van der Waals surface area contributed by atoms with E-state index in [0.29, 0.717) is 5.01 Å². The van der Waals surface area contributed by atoms with Crippen LogP contribution in [0.25, 0.3) is 16.3 Å². The van der Waals surface area contributed by atoms with Crippen LogP contribution in [0.15, 0.2) is 30.3 Å². The molecule has 2 aromatic rings. The molecule has 1 heterocycles. The molecule has 1 aromatic heterocycles. The lowest BCUT2D eigenvalue weighted by Crippen LogP contribution is -2.41. The molecule has 1 N–H and O–H groups in total. The summed E-state index contributed by atoms with van der Waals surface area (Å²) in [5.74, 6) is -0.637. The summed E-state index contributed by atoms with van der Waals surface area (Å²) in [6.07, 6.45) is -4.72. The van der Waals surface area contributed by atoms with Gasteiger partial charge >= 0.3 is 6.18 Å². The number of fused-ring (bicyclic) bond motifs is 1. The number of hydrogen-bond donors (Lipinski definition) is 1. The van der Waals surface area contributed by atoms with E-state index in [2.05, 4.69) is 4.98 Å². The van der Waals surface area contributed by atoms with Gasteiger partial charge in [-0.25, -0.2) is 4.98 Å². The van der Waals surface area contributed by atoms with Gasteiger partial charge < -0.3 is 10.0 Å². The number of rotatable bonds is 4. The fraction of sp³-hybridized carbons (Fsp3) is 0.286. The van der Waals surface area contributed by atoms with Crippen molar-refractivity contribution in [1.82, 2.24) is 9.88 Å². The minimum Gasteiger partial charge on any atom is -0.382 e. The molecule has 1 aromatic carbocycles. The van der Waals surface area contributed by atoms with E-state index in [1.54, 1.807) is 0 Å². The summed E-state index contributed by atoms with van der Waals surface area (Å²) in [6, 6.07) is 7.42. The molecule has 8 heteroatoms. The molecular formula is C14H13F3N2O2S. The second-order valence-electron chi connectivity index (χ2n) is 4.63. The van der Waals surface area contributed by atoms with E-state index in [1.807, 2.05) is 24.3 Å². The number of nitrogens with zero attached hydrogens (tertiary/aromatic N) is 2. The van der Waals surface area contributed by atoms with Crippen molar-refractivity contribution in [1.29, 1.82) is 0 Å². The highest BCUT2D eigenvalue weighted by Crippen LogP contribution is 2.23. The second kappa shape index (κ2) is 6.45. The maximum absolute atomic E-state index is 12.2. The zero-order valence-corrected chi connectivity index (χ0v) is 12.4. The van der Waals surface area contributed by atoms with Gasteiger partial charge in [0.05, 0.1) is 16.8 Å². The number of alkyl halides is 3. The van der Waals surface area contributed by atoms with Gasteiger partial charge in [-0.1, -0.05) is 12.1 Å². The minimum atomic E-state index is -4.74. The number of aromatic nitrogens is 1. The van der Waals surface area contributed by atoms with Crippen LogP contribution in [0.2, 0.25) is 0 Å². The third-order valence-electron chi connectivity index (χ3n) is 2.88. The summed E-state index contributed by atoms with van der Waals surface area (Å²) in [5, 5.41) is 9.51. The Morgan fingerprint density at radius 3 is 2.77 bits per heavy atom. The quantitative estimate of drug-likeness (QED) is 0.877. The molecule has 0 aliphatic heterocycles. The highest BCUT2D eigenvalue weighted by atomic mass is 32.1. The normalized spacial score (nSPS) is 13.7. The summed E-state index contributed by atoms with van der Waals surface area (Å²) in [6.45, 7) is -0.813. The maximum Gasteiger partial charge on any atom is 0.416 e. The number of benzene rings is 1. The van der Waals surface area contributed by atoms with Crippen molar-refractivity contribution in [3.8, 4) is 0 Å². The number of para-hydroxylation sites is 1. The van der Waals surface area contributed by atoms with Gasteiger partial charge in [0, 0.05) is 13.1 Å². The lowest BCUT2D eigenvalue weighted by molar-refractivity contribution is -0.207. The van der Waals surface area contributed by atoms with E-state index in [4.69, 9.17) is 5.11 Å². The molecule has 0 radical (unpaired) electrons.